The van der Waals surface area contributed by atoms with Crippen molar-refractivity contribution in [2.45, 2.75) is 137 Å². The maximum atomic E-state index is 12.4. The van der Waals surface area contributed by atoms with Gasteiger partial charge in [-0.1, -0.05) is 98.8 Å². The molecule has 274 valence electrons. The smallest absolute Gasteiger partial charge is 0.465 e. The van der Waals surface area contributed by atoms with Gasteiger partial charge in [-0.2, -0.15) is 0 Å². The van der Waals surface area contributed by atoms with Crippen LogP contribution in [0.2, 0.25) is 0 Å². The number of esters is 1. The molecule has 0 aliphatic rings. The lowest BCUT2D eigenvalue weighted by atomic mass is 10.1. The Kier molecular flexibility index (Phi) is 33.8. The Morgan fingerprint density at radius 3 is 1.63 bits per heavy atom. The summed E-state index contributed by atoms with van der Waals surface area (Å²) < 4.78 is 39.0. The molecular formula is C36H71NO9. The van der Waals surface area contributed by atoms with Gasteiger partial charge in [0.2, 0.25) is 0 Å². The van der Waals surface area contributed by atoms with Crippen molar-refractivity contribution in [2.75, 3.05) is 79.1 Å². The van der Waals surface area contributed by atoms with Gasteiger partial charge in [-0.25, -0.2) is 4.79 Å². The van der Waals surface area contributed by atoms with Gasteiger partial charge in [-0.15, -0.1) is 0 Å². The van der Waals surface area contributed by atoms with Crippen LogP contribution in [0.4, 0.5) is 4.79 Å². The summed E-state index contributed by atoms with van der Waals surface area (Å²) in [5, 5.41) is 0. The highest BCUT2D eigenvalue weighted by molar-refractivity contribution is 5.69. The second-order valence-corrected chi connectivity index (χ2v) is 12.0. The summed E-state index contributed by atoms with van der Waals surface area (Å²) in [5.74, 6) is -0.496. The third kappa shape index (κ3) is 31.2. The quantitative estimate of drug-likeness (QED) is 0.0378. The monoisotopic (exact) mass is 662 g/mol. The highest BCUT2D eigenvalue weighted by Crippen LogP contribution is 2.09. The Hall–Kier alpha value is -1.46. The molecule has 0 spiro atoms. The molecule has 0 radical (unpaired) electrons. The largest absolute Gasteiger partial charge is 0.508 e. The van der Waals surface area contributed by atoms with Crippen LogP contribution in [0.5, 0.6) is 0 Å². The molecule has 10 heteroatoms. The zero-order valence-corrected chi connectivity index (χ0v) is 30.4. The molecule has 0 aliphatic carbocycles. The van der Waals surface area contributed by atoms with Crippen LogP contribution in [0, 0.1) is 5.92 Å². The Morgan fingerprint density at radius 2 is 1.09 bits per heavy atom. The molecule has 0 aromatic rings. The summed E-state index contributed by atoms with van der Waals surface area (Å²) in [6.45, 7) is 17.2. The Bertz CT molecular complexity index is 639. The fourth-order valence-corrected chi connectivity index (χ4v) is 4.69. The van der Waals surface area contributed by atoms with Crippen LogP contribution in [0.25, 0.3) is 0 Å². The standard InChI is InChI=1S/C36H71NO9/c1-6-10-12-14-16-18-24-40-27-29-42-35(43-30-28-41-25-19-17-15-13-11-7-2)22-21-34(38)45-31-33(5)32-46-36(39)44-26-20-23-37(8-3)9-4/h33,35H,6-32H2,1-5H3. The van der Waals surface area contributed by atoms with Crippen molar-refractivity contribution in [3.63, 3.8) is 0 Å². The van der Waals surface area contributed by atoms with Crippen molar-refractivity contribution >= 4 is 12.1 Å². The van der Waals surface area contributed by atoms with E-state index >= 15 is 0 Å². The predicted octanol–water partition coefficient (Wildman–Crippen LogP) is 7.94. The Balaban J connectivity index is 4.25. The first kappa shape index (κ1) is 44.5. The van der Waals surface area contributed by atoms with E-state index in [1.54, 1.807) is 0 Å². The lowest BCUT2D eigenvalue weighted by Gasteiger charge is -2.19. The predicted molar refractivity (Wildman–Crippen MR) is 183 cm³/mol. The van der Waals surface area contributed by atoms with Gasteiger partial charge in [0, 0.05) is 32.1 Å². The molecule has 0 saturated carbocycles. The summed E-state index contributed by atoms with van der Waals surface area (Å²) in [7, 11) is 0. The van der Waals surface area contributed by atoms with Crippen molar-refractivity contribution in [3.8, 4) is 0 Å². The molecule has 1 unspecified atom stereocenters. The zero-order chi connectivity index (χ0) is 33.9. The SMILES string of the molecule is CCCCCCCCOCCOC(CCC(=O)OCC(C)COC(=O)OCCCN(CC)CC)OCCOCCCCCCCC. The second kappa shape index (κ2) is 34.9. The topological polar surface area (TPSA) is 102 Å². The van der Waals surface area contributed by atoms with Gasteiger partial charge >= 0.3 is 12.1 Å². The number of carbonyl (C=O) groups is 2. The van der Waals surface area contributed by atoms with Gasteiger partial charge in [-0.05, 0) is 32.4 Å². The van der Waals surface area contributed by atoms with Crippen LogP contribution in [0.3, 0.4) is 0 Å². The van der Waals surface area contributed by atoms with Crippen LogP contribution in [-0.2, 0) is 38.0 Å². The third-order valence-corrected chi connectivity index (χ3v) is 7.68. The minimum atomic E-state index is -0.693. The number of hydrogen-bond acceptors (Lipinski definition) is 10. The number of ether oxygens (including phenoxy) is 7. The van der Waals surface area contributed by atoms with E-state index in [0.717, 1.165) is 52.1 Å². The molecule has 0 aromatic heterocycles. The molecular weight excluding hydrogens is 590 g/mol. The van der Waals surface area contributed by atoms with Crippen molar-refractivity contribution in [1.29, 1.82) is 0 Å². The van der Waals surface area contributed by atoms with Crippen LogP contribution < -0.4 is 0 Å². The number of carbonyl (C=O) groups excluding carboxylic acids is 2. The molecule has 0 N–H and O–H groups in total. The second-order valence-electron chi connectivity index (χ2n) is 12.0. The van der Waals surface area contributed by atoms with Crippen LogP contribution >= 0.6 is 0 Å². The molecule has 0 fully saturated rings. The highest BCUT2D eigenvalue weighted by Gasteiger charge is 2.16. The minimum Gasteiger partial charge on any atom is -0.465 e. The number of rotatable bonds is 35. The van der Waals surface area contributed by atoms with E-state index in [-0.39, 0.29) is 31.5 Å². The number of nitrogens with zero attached hydrogens (tertiary/aromatic N) is 1. The molecule has 0 bridgehead atoms. The molecule has 10 nitrogen and oxygen atoms in total. The molecule has 1 atom stereocenters. The molecule has 0 rings (SSSR count). The van der Waals surface area contributed by atoms with Gasteiger partial charge in [-0.3, -0.25) is 4.79 Å². The molecule has 0 heterocycles. The Labute approximate surface area is 281 Å². The van der Waals surface area contributed by atoms with E-state index in [1.807, 2.05) is 6.92 Å². The first-order chi connectivity index (χ1) is 22.5. The first-order valence-electron chi connectivity index (χ1n) is 18.5. The van der Waals surface area contributed by atoms with Gasteiger partial charge in [0.15, 0.2) is 6.29 Å². The fourth-order valence-electron chi connectivity index (χ4n) is 4.69. The lowest BCUT2D eigenvalue weighted by Crippen LogP contribution is -2.25. The highest BCUT2D eigenvalue weighted by atomic mass is 16.7. The maximum Gasteiger partial charge on any atom is 0.508 e. The summed E-state index contributed by atoms with van der Waals surface area (Å²) >= 11 is 0. The normalized spacial score (nSPS) is 12.2. The van der Waals surface area contributed by atoms with Crippen molar-refractivity contribution in [2.24, 2.45) is 5.92 Å². The Morgan fingerprint density at radius 1 is 0.565 bits per heavy atom. The van der Waals surface area contributed by atoms with E-state index < -0.39 is 12.4 Å². The van der Waals surface area contributed by atoms with E-state index in [2.05, 4.69) is 32.6 Å². The van der Waals surface area contributed by atoms with Gasteiger partial charge in [0.05, 0.1) is 46.1 Å². The van der Waals surface area contributed by atoms with Crippen molar-refractivity contribution in [1.82, 2.24) is 4.90 Å². The maximum absolute atomic E-state index is 12.4. The van der Waals surface area contributed by atoms with Crippen LogP contribution in [-0.4, -0.2) is 102 Å². The molecule has 0 aromatic carbocycles. The van der Waals surface area contributed by atoms with Crippen molar-refractivity contribution < 1.29 is 42.7 Å². The zero-order valence-electron chi connectivity index (χ0n) is 30.4. The summed E-state index contributed by atoms with van der Waals surface area (Å²) in [4.78, 5) is 26.6. The molecule has 0 saturated heterocycles. The summed E-state index contributed by atoms with van der Waals surface area (Å²) in [6, 6.07) is 0. The van der Waals surface area contributed by atoms with E-state index in [4.69, 9.17) is 33.2 Å². The third-order valence-electron chi connectivity index (χ3n) is 7.68. The minimum absolute atomic E-state index is 0.120. The van der Waals surface area contributed by atoms with Crippen molar-refractivity contribution in [3.05, 3.63) is 0 Å². The molecule has 46 heavy (non-hydrogen) atoms. The number of unbranched alkanes of at least 4 members (excludes halogenated alkanes) is 10. The van der Waals surface area contributed by atoms with E-state index in [0.29, 0.717) is 39.5 Å². The molecule has 0 amide bonds. The van der Waals surface area contributed by atoms with Gasteiger partial charge in [0.1, 0.15) is 6.61 Å². The van der Waals surface area contributed by atoms with Gasteiger partial charge < -0.3 is 38.1 Å². The van der Waals surface area contributed by atoms with Crippen LogP contribution in [0.1, 0.15) is 131 Å². The lowest BCUT2D eigenvalue weighted by molar-refractivity contribution is -0.168. The van der Waals surface area contributed by atoms with Gasteiger partial charge in [0.25, 0.3) is 0 Å². The molecule has 0 aliphatic heterocycles. The van der Waals surface area contributed by atoms with E-state index in [9.17, 15) is 9.59 Å². The van der Waals surface area contributed by atoms with E-state index in [1.165, 1.54) is 64.2 Å². The average molecular weight is 662 g/mol. The summed E-state index contributed by atoms with van der Waals surface area (Å²) in [5.41, 5.74) is 0. The van der Waals surface area contributed by atoms with Crippen LogP contribution in [0.15, 0.2) is 0 Å². The first-order valence-corrected chi connectivity index (χ1v) is 18.5. The number of hydrogen-bond donors (Lipinski definition) is 0. The summed E-state index contributed by atoms with van der Waals surface area (Å²) in [6.07, 6.45) is 14.8. The fraction of sp³-hybridized carbons (Fsp3) is 0.944. The average Bonchev–Trinajstić information content (AvgIpc) is 3.06.